The summed E-state index contributed by atoms with van der Waals surface area (Å²) in [7, 11) is 0. The van der Waals surface area contributed by atoms with Crippen LogP contribution in [0.2, 0.25) is 0 Å². The highest BCUT2D eigenvalue weighted by atomic mass is 79.9. The number of rotatable bonds is 4. The van der Waals surface area contributed by atoms with Gasteiger partial charge in [-0.2, -0.15) is 0 Å². The molecule has 0 amide bonds. The third-order valence-electron chi connectivity index (χ3n) is 2.34. The summed E-state index contributed by atoms with van der Waals surface area (Å²) in [4.78, 5) is 0. The second-order valence-electron chi connectivity index (χ2n) is 3.56. The number of ether oxygens (including phenoxy) is 1. The van der Waals surface area contributed by atoms with Gasteiger partial charge in [-0.15, -0.1) is 0 Å². The Balaban J connectivity index is 2.11. The monoisotopic (exact) mass is 292 g/mol. The summed E-state index contributed by atoms with van der Waals surface area (Å²) in [6.45, 7) is 0.520. The fourth-order valence-corrected chi connectivity index (χ4v) is 1.81. The first-order valence-corrected chi connectivity index (χ1v) is 6.02. The molecule has 0 aliphatic rings. The zero-order valence-electron chi connectivity index (χ0n) is 9.19. The summed E-state index contributed by atoms with van der Waals surface area (Å²) in [5.74, 6) is 6.15. The maximum Gasteiger partial charge on any atom is 0.145 e. The van der Waals surface area contributed by atoms with Crippen LogP contribution in [0.25, 0.3) is 0 Å². The molecule has 2 rings (SSSR count). The average Bonchev–Trinajstić information content (AvgIpc) is 2.38. The SMILES string of the molecule is NNc1ccc(Br)cc1OCc1ccccc1. The van der Waals surface area contributed by atoms with E-state index in [1.54, 1.807) is 0 Å². The molecule has 0 aliphatic carbocycles. The van der Waals surface area contributed by atoms with Crippen LogP contribution in [0.3, 0.4) is 0 Å². The van der Waals surface area contributed by atoms with E-state index in [1.165, 1.54) is 0 Å². The van der Waals surface area contributed by atoms with Gasteiger partial charge in [-0.3, -0.25) is 5.84 Å². The number of benzene rings is 2. The molecule has 0 fully saturated rings. The predicted octanol–water partition coefficient (Wildman–Crippen LogP) is 3.31. The first-order valence-electron chi connectivity index (χ1n) is 5.22. The van der Waals surface area contributed by atoms with Crippen molar-refractivity contribution in [2.24, 2.45) is 5.84 Å². The minimum absolute atomic E-state index is 0.520. The third kappa shape index (κ3) is 3.22. The van der Waals surface area contributed by atoms with Crippen molar-refractivity contribution in [2.45, 2.75) is 6.61 Å². The van der Waals surface area contributed by atoms with Crippen molar-refractivity contribution in [3.05, 3.63) is 58.6 Å². The molecule has 0 saturated heterocycles. The van der Waals surface area contributed by atoms with E-state index in [1.807, 2.05) is 48.5 Å². The molecule has 0 spiro atoms. The second kappa shape index (κ2) is 5.70. The number of hydrogen-bond acceptors (Lipinski definition) is 3. The molecule has 0 aliphatic heterocycles. The van der Waals surface area contributed by atoms with E-state index in [-0.39, 0.29) is 0 Å². The molecule has 0 atom stereocenters. The van der Waals surface area contributed by atoms with Crippen LogP contribution in [0, 0.1) is 0 Å². The molecule has 0 radical (unpaired) electrons. The van der Waals surface area contributed by atoms with E-state index in [0.29, 0.717) is 6.61 Å². The van der Waals surface area contributed by atoms with Gasteiger partial charge in [0.2, 0.25) is 0 Å². The highest BCUT2D eigenvalue weighted by Crippen LogP contribution is 2.28. The molecule has 0 bridgehead atoms. The number of anilines is 1. The minimum Gasteiger partial charge on any atom is -0.487 e. The molecule has 2 aromatic carbocycles. The van der Waals surface area contributed by atoms with E-state index in [4.69, 9.17) is 10.6 Å². The van der Waals surface area contributed by atoms with Gasteiger partial charge in [0.05, 0.1) is 5.69 Å². The first-order chi connectivity index (χ1) is 8.29. The Labute approximate surface area is 109 Å². The second-order valence-corrected chi connectivity index (χ2v) is 4.47. The Morgan fingerprint density at radius 1 is 1.12 bits per heavy atom. The summed E-state index contributed by atoms with van der Waals surface area (Å²) in [5, 5.41) is 0. The van der Waals surface area contributed by atoms with Crippen LogP contribution in [-0.4, -0.2) is 0 Å². The van der Waals surface area contributed by atoms with Crippen molar-refractivity contribution >= 4 is 21.6 Å². The van der Waals surface area contributed by atoms with Gasteiger partial charge in [-0.05, 0) is 23.8 Å². The quantitative estimate of drug-likeness (QED) is 0.671. The van der Waals surface area contributed by atoms with Crippen molar-refractivity contribution in [2.75, 3.05) is 5.43 Å². The average molecular weight is 293 g/mol. The lowest BCUT2D eigenvalue weighted by Gasteiger charge is -2.11. The molecule has 0 aromatic heterocycles. The summed E-state index contributed by atoms with van der Waals surface area (Å²) >= 11 is 3.40. The Hall–Kier alpha value is -1.52. The van der Waals surface area contributed by atoms with Gasteiger partial charge in [0.1, 0.15) is 12.4 Å². The van der Waals surface area contributed by atoms with Crippen LogP contribution < -0.4 is 16.0 Å². The normalized spacial score (nSPS) is 10.0. The van der Waals surface area contributed by atoms with Crippen LogP contribution in [-0.2, 0) is 6.61 Å². The molecule has 0 saturated carbocycles. The van der Waals surface area contributed by atoms with Crippen molar-refractivity contribution in [1.29, 1.82) is 0 Å². The zero-order valence-corrected chi connectivity index (χ0v) is 10.8. The molecule has 3 nitrogen and oxygen atoms in total. The van der Waals surface area contributed by atoms with Crippen molar-refractivity contribution in [1.82, 2.24) is 0 Å². The van der Waals surface area contributed by atoms with Crippen LogP contribution in [0.15, 0.2) is 53.0 Å². The first kappa shape index (κ1) is 12.0. The number of nitrogens with two attached hydrogens (primary N) is 1. The molecule has 2 aromatic rings. The van der Waals surface area contributed by atoms with E-state index in [0.717, 1.165) is 21.5 Å². The highest BCUT2D eigenvalue weighted by Gasteiger charge is 2.03. The predicted molar refractivity (Wildman–Crippen MR) is 72.7 cm³/mol. The third-order valence-corrected chi connectivity index (χ3v) is 2.83. The standard InChI is InChI=1S/C13H13BrN2O/c14-11-6-7-12(16-15)13(8-11)17-9-10-4-2-1-3-5-10/h1-8,16H,9,15H2. The van der Waals surface area contributed by atoms with Crippen LogP contribution >= 0.6 is 15.9 Å². The highest BCUT2D eigenvalue weighted by molar-refractivity contribution is 9.10. The van der Waals surface area contributed by atoms with Crippen molar-refractivity contribution in [3.8, 4) is 5.75 Å². The maximum absolute atomic E-state index is 5.72. The van der Waals surface area contributed by atoms with Gasteiger partial charge in [0, 0.05) is 4.47 Å². The van der Waals surface area contributed by atoms with Gasteiger partial charge < -0.3 is 10.2 Å². The Bertz CT molecular complexity index is 488. The molecule has 0 heterocycles. The molecule has 17 heavy (non-hydrogen) atoms. The van der Waals surface area contributed by atoms with E-state index in [9.17, 15) is 0 Å². The lowest BCUT2D eigenvalue weighted by molar-refractivity contribution is 0.307. The van der Waals surface area contributed by atoms with Gasteiger partial charge in [-0.1, -0.05) is 46.3 Å². The largest absolute Gasteiger partial charge is 0.487 e. The summed E-state index contributed by atoms with van der Waals surface area (Å²) < 4.78 is 6.68. The van der Waals surface area contributed by atoms with Gasteiger partial charge >= 0.3 is 0 Å². The van der Waals surface area contributed by atoms with E-state index in [2.05, 4.69) is 21.4 Å². The Morgan fingerprint density at radius 2 is 1.88 bits per heavy atom. The molecule has 88 valence electrons. The number of hydrazine groups is 1. The lowest BCUT2D eigenvalue weighted by atomic mass is 10.2. The fraction of sp³-hybridized carbons (Fsp3) is 0.0769. The number of halogens is 1. The number of hydrogen-bond donors (Lipinski definition) is 2. The summed E-state index contributed by atoms with van der Waals surface area (Å²) in [6.07, 6.45) is 0. The van der Waals surface area contributed by atoms with Crippen LogP contribution in [0.5, 0.6) is 5.75 Å². The topological polar surface area (TPSA) is 47.3 Å². The van der Waals surface area contributed by atoms with Gasteiger partial charge in [0.15, 0.2) is 0 Å². The summed E-state index contributed by atoms with van der Waals surface area (Å²) in [6, 6.07) is 15.7. The lowest BCUT2D eigenvalue weighted by Crippen LogP contribution is -2.08. The molecule has 0 unspecified atom stereocenters. The molecular weight excluding hydrogens is 280 g/mol. The van der Waals surface area contributed by atoms with Crippen molar-refractivity contribution < 1.29 is 4.74 Å². The zero-order chi connectivity index (χ0) is 12.1. The van der Waals surface area contributed by atoms with Gasteiger partial charge in [0.25, 0.3) is 0 Å². The van der Waals surface area contributed by atoms with Crippen LogP contribution in [0.4, 0.5) is 5.69 Å². The van der Waals surface area contributed by atoms with Gasteiger partial charge in [-0.25, -0.2) is 0 Å². The summed E-state index contributed by atoms with van der Waals surface area (Å²) in [5.41, 5.74) is 4.50. The number of nitrogen functional groups attached to an aromatic ring is 1. The van der Waals surface area contributed by atoms with Crippen LogP contribution in [0.1, 0.15) is 5.56 Å². The molecule has 3 N–H and O–H groups in total. The molecular formula is C13H13BrN2O. The van der Waals surface area contributed by atoms with Crippen molar-refractivity contribution in [3.63, 3.8) is 0 Å². The number of nitrogens with one attached hydrogen (secondary N) is 1. The van der Waals surface area contributed by atoms with E-state index >= 15 is 0 Å². The Kier molecular flexibility index (Phi) is 4.01. The maximum atomic E-state index is 5.72. The Morgan fingerprint density at radius 3 is 2.59 bits per heavy atom. The molecule has 4 heteroatoms. The fourth-order valence-electron chi connectivity index (χ4n) is 1.47. The minimum atomic E-state index is 0.520. The smallest absolute Gasteiger partial charge is 0.145 e. The van der Waals surface area contributed by atoms with E-state index < -0.39 is 0 Å².